The van der Waals surface area contributed by atoms with Gasteiger partial charge in [-0.05, 0) is 74.9 Å². The first-order valence-electron chi connectivity index (χ1n) is 15.7. The van der Waals surface area contributed by atoms with E-state index in [9.17, 15) is 0 Å². The van der Waals surface area contributed by atoms with Crippen molar-refractivity contribution in [1.29, 1.82) is 0 Å². The predicted octanol–water partition coefficient (Wildman–Crippen LogP) is 10.4. The van der Waals surface area contributed by atoms with Gasteiger partial charge in [-0.25, -0.2) is 0 Å². The number of rotatable bonds is 18. The molecule has 3 rings (SSSR count). The van der Waals surface area contributed by atoms with E-state index in [2.05, 4.69) is 0 Å². The molecule has 0 aliphatic rings. The summed E-state index contributed by atoms with van der Waals surface area (Å²) in [5, 5.41) is 0. The van der Waals surface area contributed by atoms with Gasteiger partial charge in [0.05, 0.1) is 39.6 Å². The molecule has 0 aliphatic carbocycles. The zero-order valence-electron chi connectivity index (χ0n) is 29.1. The van der Waals surface area contributed by atoms with Crippen LogP contribution in [0.15, 0.2) is 69.3 Å². The zero-order chi connectivity index (χ0) is 33.3. The molecular weight excluding hydrogens is 682 g/mol. The molecule has 0 N–H and O–H groups in total. The van der Waals surface area contributed by atoms with Crippen LogP contribution < -0.4 is 0 Å². The normalized spacial score (nSPS) is 9.88. The van der Waals surface area contributed by atoms with Gasteiger partial charge in [0.25, 0.3) is 0 Å². The molecule has 273 valence electrons. The van der Waals surface area contributed by atoms with Crippen molar-refractivity contribution in [3.05, 3.63) is 88.0 Å². The predicted molar refractivity (Wildman–Crippen MR) is 196 cm³/mol. The standard InChI is InChI=1S/3C12H17O2S.3FH/c3*1-3-13-8-10-6-5-7-11(12(10)15)9-14-4-2;;;/h3*5-7H,3-4,8-9H2,1-2H3;3*1H. The third kappa shape index (κ3) is 19.8. The van der Waals surface area contributed by atoms with Gasteiger partial charge in [-0.15, -0.1) is 0 Å². The summed E-state index contributed by atoms with van der Waals surface area (Å²) in [4.78, 5) is 2.62. The van der Waals surface area contributed by atoms with Crippen molar-refractivity contribution in [1.82, 2.24) is 0 Å². The molecule has 0 heterocycles. The highest BCUT2D eigenvalue weighted by Gasteiger charge is 2.07. The minimum absolute atomic E-state index is 0. The molecule has 0 saturated carbocycles. The molecule has 0 aromatic heterocycles. The van der Waals surface area contributed by atoms with Crippen molar-refractivity contribution >= 4 is 37.9 Å². The number of benzene rings is 3. The molecule has 0 aliphatic heterocycles. The van der Waals surface area contributed by atoms with Crippen LogP contribution in [-0.2, 0) is 68.1 Å². The Kier molecular flexibility index (Phi) is 33.6. The summed E-state index contributed by atoms with van der Waals surface area (Å²) >= 11 is 16.1. The SMILES string of the molecule is CCOCc1cccc(COCC)c1[S].CCOCc1cccc(COCC)c1[S].CCOCc1cccc(COCC)c1[S].F.F.F. The highest BCUT2D eigenvalue weighted by Crippen LogP contribution is 2.23. The van der Waals surface area contributed by atoms with Crippen LogP contribution in [0.25, 0.3) is 0 Å². The van der Waals surface area contributed by atoms with Gasteiger partial charge in [0.2, 0.25) is 0 Å². The van der Waals surface area contributed by atoms with Crippen LogP contribution in [0, 0.1) is 0 Å². The average molecular weight is 736 g/mol. The number of hydrogen-bond acceptors (Lipinski definition) is 6. The number of halogens is 3. The fourth-order valence-electron chi connectivity index (χ4n) is 3.87. The van der Waals surface area contributed by atoms with Crippen molar-refractivity contribution < 1.29 is 42.5 Å². The molecule has 0 saturated heterocycles. The second kappa shape index (κ2) is 32.1. The van der Waals surface area contributed by atoms with Crippen molar-refractivity contribution in [2.45, 2.75) is 95.9 Å². The summed E-state index contributed by atoms with van der Waals surface area (Å²) in [5.74, 6) is 0. The average Bonchev–Trinajstić information content (AvgIpc) is 3.06. The first-order valence-corrected chi connectivity index (χ1v) is 16.9. The summed E-state index contributed by atoms with van der Waals surface area (Å²) in [5.41, 5.74) is 6.44. The quantitative estimate of drug-likeness (QED) is 0.130. The van der Waals surface area contributed by atoms with Crippen LogP contribution in [0.5, 0.6) is 0 Å². The van der Waals surface area contributed by atoms with Gasteiger partial charge in [-0.1, -0.05) is 92.5 Å². The lowest BCUT2D eigenvalue weighted by atomic mass is 10.1. The summed E-state index contributed by atoms with van der Waals surface area (Å²) < 4.78 is 32.1. The summed E-state index contributed by atoms with van der Waals surface area (Å²) in [6.45, 7) is 19.7. The van der Waals surface area contributed by atoms with Crippen molar-refractivity contribution in [2.75, 3.05) is 39.6 Å². The highest BCUT2D eigenvalue weighted by atomic mass is 32.1. The zero-order valence-corrected chi connectivity index (χ0v) is 31.5. The third-order valence-corrected chi connectivity index (χ3v) is 7.88. The molecule has 12 heteroatoms. The molecule has 3 radical (unpaired) electrons. The maximum absolute atomic E-state index is 5.36. The Morgan fingerprint density at radius 3 is 0.604 bits per heavy atom. The molecule has 6 nitrogen and oxygen atoms in total. The van der Waals surface area contributed by atoms with E-state index in [1.165, 1.54) is 0 Å². The summed E-state index contributed by atoms with van der Waals surface area (Å²) in [6.07, 6.45) is 0. The van der Waals surface area contributed by atoms with E-state index in [1.54, 1.807) is 0 Å². The van der Waals surface area contributed by atoms with Crippen LogP contribution in [0.4, 0.5) is 14.1 Å². The Morgan fingerprint density at radius 2 is 0.479 bits per heavy atom. The van der Waals surface area contributed by atoms with E-state index >= 15 is 0 Å². The lowest BCUT2D eigenvalue weighted by Crippen LogP contribution is -1.98. The van der Waals surface area contributed by atoms with Crippen molar-refractivity contribution in [3.8, 4) is 0 Å². The lowest BCUT2D eigenvalue weighted by Gasteiger charge is -2.09. The van der Waals surface area contributed by atoms with E-state index in [-0.39, 0.29) is 14.1 Å². The van der Waals surface area contributed by atoms with Gasteiger partial charge in [-0.2, -0.15) is 0 Å². The topological polar surface area (TPSA) is 55.4 Å². The molecule has 0 unspecified atom stereocenters. The van der Waals surface area contributed by atoms with Crippen LogP contribution in [0.3, 0.4) is 0 Å². The van der Waals surface area contributed by atoms with Crippen LogP contribution in [0.2, 0.25) is 0 Å². The molecule has 48 heavy (non-hydrogen) atoms. The molecule has 3 aromatic carbocycles. The molecule has 0 spiro atoms. The Labute approximate surface area is 302 Å². The summed E-state index contributed by atoms with van der Waals surface area (Å²) in [6, 6.07) is 18.0. The van der Waals surface area contributed by atoms with E-state index in [0.717, 1.165) is 48.1 Å². The highest BCUT2D eigenvalue weighted by molar-refractivity contribution is 7.80. The lowest BCUT2D eigenvalue weighted by molar-refractivity contribution is 0.126. The van der Waals surface area contributed by atoms with Crippen LogP contribution >= 0.6 is 37.9 Å². The maximum atomic E-state index is 5.36. The molecule has 0 atom stereocenters. The van der Waals surface area contributed by atoms with Crippen LogP contribution in [0.1, 0.15) is 74.9 Å². The van der Waals surface area contributed by atoms with Gasteiger partial charge in [-0.3, -0.25) is 14.1 Å². The third-order valence-electron chi connectivity index (χ3n) is 6.30. The van der Waals surface area contributed by atoms with Crippen LogP contribution in [-0.4, -0.2) is 39.6 Å². The van der Waals surface area contributed by atoms with Gasteiger partial charge in [0.15, 0.2) is 0 Å². The fourth-order valence-corrected chi connectivity index (χ4v) is 4.63. The maximum Gasteiger partial charge on any atom is 0.0730 e. The van der Waals surface area contributed by atoms with E-state index < -0.39 is 0 Å². The first-order chi connectivity index (χ1) is 21.9. The number of ether oxygens (including phenoxy) is 6. The smallest absolute Gasteiger partial charge is 0.0730 e. The van der Waals surface area contributed by atoms with Crippen molar-refractivity contribution in [2.24, 2.45) is 0 Å². The Morgan fingerprint density at radius 1 is 0.333 bits per heavy atom. The Bertz CT molecular complexity index is 983. The largest absolute Gasteiger partial charge is 0.377 e. The minimum Gasteiger partial charge on any atom is -0.377 e. The van der Waals surface area contributed by atoms with Gasteiger partial charge in [0, 0.05) is 54.3 Å². The monoisotopic (exact) mass is 735 g/mol. The Balaban J connectivity index is -0.000000614. The molecule has 0 amide bonds. The molecule has 0 bridgehead atoms. The second-order valence-electron chi connectivity index (χ2n) is 9.54. The fraction of sp³-hybridized carbons (Fsp3) is 0.500. The first kappa shape index (κ1) is 50.2. The van der Waals surface area contributed by atoms with E-state index in [4.69, 9.17) is 66.3 Å². The second-order valence-corrected chi connectivity index (χ2v) is 10.8. The van der Waals surface area contributed by atoms with Gasteiger partial charge < -0.3 is 28.4 Å². The molecular formula is C36H54F3O6S3. The summed E-state index contributed by atoms with van der Waals surface area (Å²) in [7, 11) is 0. The molecule has 0 fully saturated rings. The van der Waals surface area contributed by atoms with Crippen molar-refractivity contribution in [3.63, 3.8) is 0 Å². The number of hydrogen-bond donors (Lipinski definition) is 0. The van der Waals surface area contributed by atoms with Gasteiger partial charge >= 0.3 is 0 Å². The Hall–Kier alpha value is -2.13. The van der Waals surface area contributed by atoms with Gasteiger partial charge in [0.1, 0.15) is 0 Å². The van der Waals surface area contributed by atoms with E-state index in [1.807, 2.05) is 96.1 Å². The minimum atomic E-state index is 0. The molecule has 3 aromatic rings. The van der Waals surface area contributed by atoms with E-state index in [0.29, 0.717) is 79.3 Å².